The molecule has 1 saturated heterocycles. The van der Waals surface area contributed by atoms with Gasteiger partial charge in [-0.25, -0.2) is 4.21 Å². The average Bonchev–Trinajstić information content (AvgIpc) is 2.30. The minimum Gasteiger partial charge on any atom is -0.305 e. The Morgan fingerprint density at radius 2 is 1.88 bits per heavy atom. The van der Waals surface area contributed by atoms with Gasteiger partial charge >= 0.3 is 0 Å². The molecule has 1 heterocycles. The third kappa shape index (κ3) is 3.14. The van der Waals surface area contributed by atoms with E-state index in [9.17, 15) is 4.21 Å². The molecule has 0 aromatic heterocycles. The highest BCUT2D eigenvalue weighted by atomic mass is 32.2. The van der Waals surface area contributed by atoms with Crippen molar-refractivity contribution in [1.82, 2.24) is 4.90 Å². The molecule has 0 radical (unpaired) electrons. The molecular weight excluding hydrogens is 222 g/mol. The lowest BCUT2D eigenvalue weighted by atomic mass is 9.90. The molecule has 1 fully saturated rings. The molecule has 0 aliphatic carbocycles. The van der Waals surface area contributed by atoms with Gasteiger partial charge in [-0.2, -0.15) is 0 Å². The van der Waals surface area contributed by atoms with E-state index in [-0.39, 0.29) is 0 Å². The Morgan fingerprint density at radius 3 is 2.44 bits per heavy atom. The number of piperidine rings is 1. The number of hydrogen-bond acceptors (Lipinski definition) is 2. The molecule has 1 aliphatic heterocycles. The van der Waals surface area contributed by atoms with Crippen LogP contribution in [0.3, 0.4) is 0 Å². The van der Waals surface area contributed by atoms with Gasteiger partial charge in [0.2, 0.25) is 0 Å². The van der Waals surface area contributed by atoms with Crippen LogP contribution in [0.15, 0.2) is 30.3 Å². The third-order valence-corrected chi connectivity index (χ3v) is 3.74. The summed E-state index contributed by atoms with van der Waals surface area (Å²) in [5.41, 5.74) is 1.40. The van der Waals surface area contributed by atoms with Crippen LogP contribution in [0.4, 0.5) is 0 Å². The lowest BCUT2D eigenvalue weighted by molar-refractivity contribution is 0.240. The van der Waals surface area contributed by atoms with Crippen LogP contribution in [0.5, 0.6) is 0 Å². The minimum absolute atomic E-state index is 0.293. The van der Waals surface area contributed by atoms with Crippen LogP contribution in [-0.2, 0) is 11.1 Å². The van der Waals surface area contributed by atoms with Crippen molar-refractivity contribution < 1.29 is 8.76 Å². The Labute approximate surface area is 98.8 Å². The molecule has 1 aromatic rings. The first-order valence-electron chi connectivity index (χ1n) is 5.60. The molecule has 2 rings (SSSR count). The minimum atomic E-state index is -1.69. The molecule has 1 aromatic carbocycles. The van der Waals surface area contributed by atoms with Gasteiger partial charge in [0.05, 0.1) is 0 Å². The average molecular weight is 239 g/mol. The van der Waals surface area contributed by atoms with Gasteiger partial charge in [0.25, 0.3) is 0 Å². The van der Waals surface area contributed by atoms with Gasteiger partial charge in [0.1, 0.15) is 5.88 Å². The highest BCUT2D eigenvalue weighted by molar-refractivity contribution is 7.79. The number of benzene rings is 1. The van der Waals surface area contributed by atoms with E-state index in [0.29, 0.717) is 11.8 Å². The molecule has 88 valence electrons. The Kier molecular flexibility index (Phi) is 4.09. The highest BCUT2D eigenvalue weighted by Gasteiger charge is 2.20. The molecule has 1 atom stereocenters. The Morgan fingerprint density at radius 1 is 1.25 bits per heavy atom. The van der Waals surface area contributed by atoms with Crippen molar-refractivity contribution in [3.8, 4) is 0 Å². The summed E-state index contributed by atoms with van der Waals surface area (Å²) < 4.78 is 19.5. The number of hydrogen-bond donors (Lipinski definition) is 1. The van der Waals surface area contributed by atoms with Crippen molar-refractivity contribution in [2.24, 2.45) is 0 Å². The Bertz CT molecular complexity index is 347. The fraction of sp³-hybridized carbons (Fsp3) is 0.500. The summed E-state index contributed by atoms with van der Waals surface area (Å²) in [6.07, 6.45) is 2.17. The van der Waals surface area contributed by atoms with Crippen molar-refractivity contribution in [2.45, 2.75) is 18.8 Å². The van der Waals surface area contributed by atoms with Crippen molar-refractivity contribution >= 4 is 11.1 Å². The lowest BCUT2D eigenvalue weighted by Crippen LogP contribution is -2.35. The first-order valence-corrected chi connectivity index (χ1v) is 6.88. The van der Waals surface area contributed by atoms with E-state index in [0.717, 1.165) is 25.9 Å². The van der Waals surface area contributed by atoms with Crippen LogP contribution >= 0.6 is 0 Å². The summed E-state index contributed by atoms with van der Waals surface area (Å²) in [5.74, 6) is 0.909. The molecule has 4 heteroatoms. The first-order chi connectivity index (χ1) is 7.75. The summed E-state index contributed by atoms with van der Waals surface area (Å²) >= 11 is -1.69. The third-order valence-electron chi connectivity index (χ3n) is 3.15. The highest BCUT2D eigenvalue weighted by Crippen LogP contribution is 2.27. The van der Waals surface area contributed by atoms with Crippen molar-refractivity contribution in [3.05, 3.63) is 35.9 Å². The van der Waals surface area contributed by atoms with E-state index in [1.807, 2.05) is 6.07 Å². The Hall–Kier alpha value is -0.710. The summed E-state index contributed by atoms with van der Waals surface area (Å²) in [6, 6.07) is 10.5. The van der Waals surface area contributed by atoms with E-state index < -0.39 is 11.1 Å². The second kappa shape index (κ2) is 5.57. The molecule has 16 heavy (non-hydrogen) atoms. The molecule has 0 spiro atoms. The topological polar surface area (TPSA) is 40.5 Å². The van der Waals surface area contributed by atoms with Crippen LogP contribution < -0.4 is 0 Å². The van der Waals surface area contributed by atoms with Gasteiger partial charge in [0.15, 0.2) is 11.1 Å². The zero-order chi connectivity index (χ0) is 11.4. The van der Waals surface area contributed by atoms with Gasteiger partial charge in [-0.05, 0) is 37.4 Å². The monoisotopic (exact) mass is 239 g/mol. The maximum absolute atomic E-state index is 10.7. The summed E-state index contributed by atoms with van der Waals surface area (Å²) in [7, 11) is 0. The van der Waals surface area contributed by atoms with Crippen LogP contribution in [0.2, 0.25) is 0 Å². The lowest BCUT2D eigenvalue weighted by Gasteiger charge is -2.31. The number of nitrogens with zero attached hydrogens (tertiary/aromatic N) is 1. The van der Waals surface area contributed by atoms with Crippen molar-refractivity contribution in [3.63, 3.8) is 0 Å². The van der Waals surface area contributed by atoms with Crippen molar-refractivity contribution in [1.29, 1.82) is 0 Å². The van der Waals surface area contributed by atoms with E-state index in [4.69, 9.17) is 4.55 Å². The van der Waals surface area contributed by atoms with Crippen LogP contribution in [0, 0.1) is 0 Å². The number of rotatable bonds is 3. The van der Waals surface area contributed by atoms with Crippen molar-refractivity contribution in [2.75, 3.05) is 19.0 Å². The predicted molar refractivity (Wildman–Crippen MR) is 65.6 cm³/mol. The number of likely N-dealkylation sites (tertiary alicyclic amines) is 1. The molecular formula is C12H17NO2S. The maximum atomic E-state index is 10.7. The van der Waals surface area contributed by atoms with Gasteiger partial charge < -0.3 is 4.55 Å². The van der Waals surface area contributed by atoms with Crippen LogP contribution in [0.1, 0.15) is 24.3 Å². The fourth-order valence-corrected chi connectivity index (χ4v) is 2.85. The van der Waals surface area contributed by atoms with Gasteiger partial charge in [-0.1, -0.05) is 30.3 Å². The zero-order valence-corrected chi connectivity index (χ0v) is 10.0. The summed E-state index contributed by atoms with van der Waals surface area (Å²) in [4.78, 5) is 2.07. The fourth-order valence-electron chi connectivity index (χ4n) is 2.28. The maximum Gasteiger partial charge on any atom is 0.167 e. The standard InChI is InChI=1S/C12H17NO2S/c14-16(15)10-13-8-6-12(7-9-13)11-4-2-1-3-5-11/h1-5,12H,6-10H2,(H,14,15). The van der Waals surface area contributed by atoms with Gasteiger partial charge in [0, 0.05) is 0 Å². The summed E-state index contributed by atoms with van der Waals surface area (Å²) in [5, 5.41) is 0. The first kappa shape index (κ1) is 11.8. The largest absolute Gasteiger partial charge is 0.305 e. The SMILES string of the molecule is O=S(O)CN1CCC(c2ccccc2)CC1. The summed E-state index contributed by atoms with van der Waals surface area (Å²) in [6.45, 7) is 1.84. The predicted octanol–water partition coefficient (Wildman–Crippen LogP) is 2.05. The normalized spacial score (nSPS) is 20.8. The van der Waals surface area contributed by atoms with Crippen LogP contribution in [-0.4, -0.2) is 32.6 Å². The van der Waals surface area contributed by atoms with E-state index >= 15 is 0 Å². The van der Waals surface area contributed by atoms with E-state index in [1.165, 1.54) is 5.56 Å². The molecule has 1 unspecified atom stereocenters. The molecule has 1 aliphatic rings. The molecule has 0 bridgehead atoms. The second-order valence-corrected chi connectivity index (χ2v) is 5.15. The van der Waals surface area contributed by atoms with Gasteiger partial charge in [-0.3, -0.25) is 4.90 Å². The van der Waals surface area contributed by atoms with Crippen LogP contribution in [0.25, 0.3) is 0 Å². The van der Waals surface area contributed by atoms with E-state index in [2.05, 4.69) is 29.2 Å². The van der Waals surface area contributed by atoms with E-state index in [1.54, 1.807) is 0 Å². The molecule has 1 N–H and O–H groups in total. The molecule has 3 nitrogen and oxygen atoms in total. The molecule has 0 saturated carbocycles. The molecule has 0 amide bonds. The zero-order valence-electron chi connectivity index (χ0n) is 9.21. The Balaban J connectivity index is 1.88. The quantitative estimate of drug-likeness (QED) is 0.821. The smallest absolute Gasteiger partial charge is 0.167 e. The van der Waals surface area contributed by atoms with Gasteiger partial charge in [-0.15, -0.1) is 0 Å². The second-order valence-electron chi connectivity index (χ2n) is 4.25.